The minimum atomic E-state index is -1.14. The van der Waals surface area contributed by atoms with Crippen LogP contribution in [0.15, 0.2) is 60.9 Å². The molecule has 2 fully saturated rings. The lowest BCUT2D eigenvalue weighted by molar-refractivity contribution is -0.158. The number of nitrogens with one attached hydrogen (secondary N) is 1. The molecular formula is C23H24F2N2O3. The molecule has 1 amide bonds. The molecule has 3 atom stereocenters. The van der Waals surface area contributed by atoms with Gasteiger partial charge in [-0.25, -0.2) is 8.78 Å². The van der Waals surface area contributed by atoms with Crippen LogP contribution in [-0.4, -0.2) is 37.2 Å². The molecule has 0 bridgehead atoms. The maximum absolute atomic E-state index is 14.7. The summed E-state index contributed by atoms with van der Waals surface area (Å²) in [5, 5.41) is 3.17. The van der Waals surface area contributed by atoms with Crippen molar-refractivity contribution in [3.8, 4) is 0 Å². The monoisotopic (exact) mass is 414 g/mol. The summed E-state index contributed by atoms with van der Waals surface area (Å²) in [6, 6.07) is 13.1. The number of amides is 1. The molecule has 0 saturated carbocycles. The number of hydrogen-bond donors (Lipinski definition) is 1. The lowest BCUT2D eigenvalue weighted by atomic mass is 9.71. The van der Waals surface area contributed by atoms with Crippen molar-refractivity contribution in [1.82, 2.24) is 10.2 Å². The van der Waals surface area contributed by atoms with Gasteiger partial charge < -0.3 is 19.7 Å². The topological polar surface area (TPSA) is 50.8 Å². The van der Waals surface area contributed by atoms with E-state index in [1.54, 1.807) is 7.05 Å². The molecule has 1 N–H and O–H groups in total. The van der Waals surface area contributed by atoms with Crippen LogP contribution in [-0.2, 0) is 26.4 Å². The summed E-state index contributed by atoms with van der Waals surface area (Å²) in [7, 11) is 1.62. The van der Waals surface area contributed by atoms with Crippen molar-refractivity contribution in [3.63, 3.8) is 0 Å². The van der Waals surface area contributed by atoms with Gasteiger partial charge in [-0.05, 0) is 18.1 Å². The third kappa shape index (κ3) is 3.70. The van der Waals surface area contributed by atoms with Crippen molar-refractivity contribution in [2.24, 2.45) is 5.92 Å². The molecule has 0 aromatic heterocycles. The Labute approximate surface area is 174 Å². The molecule has 4 rings (SSSR count). The maximum atomic E-state index is 14.7. The van der Waals surface area contributed by atoms with Gasteiger partial charge in [0.2, 0.25) is 5.91 Å². The summed E-state index contributed by atoms with van der Waals surface area (Å²) in [6.07, 6.45) is 0.0237. The molecule has 158 valence electrons. The highest BCUT2D eigenvalue weighted by molar-refractivity contribution is 5.83. The standard InChI is InChI=1S/C23H24F2N2O3/c1-15-26-23(19-9-8-17(24)10-21(19)25)14-30-18(11-20(23)22(28)27(15)2)13-29-12-16-6-4-3-5-7-16/h3-10,18,20,26H,1,11-14H2,2H3/t18-,20+,23-/m1/s1. The van der Waals surface area contributed by atoms with E-state index in [-0.39, 0.29) is 24.2 Å². The average molecular weight is 414 g/mol. The van der Waals surface area contributed by atoms with Crippen molar-refractivity contribution in [3.05, 3.63) is 83.7 Å². The van der Waals surface area contributed by atoms with E-state index in [0.717, 1.165) is 11.6 Å². The van der Waals surface area contributed by atoms with Gasteiger partial charge in [-0.2, -0.15) is 0 Å². The zero-order valence-electron chi connectivity index (χ0n) is 16.7. The van der Waals surface area contributed by atoms with Crippen LogP contribution in [0.5, 0.6) is 0 Å². The molecule has 2 aliphatic rings. The molecule has 2 aromatic rings. The van der Waals surface area contributed by atoms with Gasteiger partial charge in [0.15, 0.2) is 0 Å². The van der Waals surface area contributed by atoms with Crippen LogP contribution in [0.1, 0.15) is 17.5 Å². The zero-order valence-corrected chi connectivity index (χ0v) is 16.7. The van der Waals surface area contributed by atoms with Crippen LogP contribution in [0, 0.1) is 17.6 Å². The van der Waals surface area contributed by atoms with Crippen LogP contribution < -0.4 is 5.32 Å². The number of ether oxygens (including phenoxy) is 2. The van der Waals surface area contributed by atoms with E-state index in [1.807, 2.05) is 30.3 Å². The normalized spacial score (nSPS) is 26.3. The maximum Gasteiger partial charge on any atom is 0.233 e. The Morgan fingerprint density at radius 1 is 1.27 bits per heavy atom. The Hall–Kier alpha value is -2.77. The number of nitrogens with zero attached hydrogens (tertiary/aromatic N) is 1. The molecule has 2 saturated heterocycles. The molecule has 0 unspecified atom stereocenters. The summed E-state index contributed by atoms with van der Waals surface area (Å²) in [5.41, 5.74) is 0.0941. The highest BCUT2D eigenvalue weighted by Gasteiger charge is 2.54. The number of carbonyl (C=O) groups excluding carboxylic acids is 1. The minimum Gasteiger partial charge on any atom is -0.374 e. The second-order valence-corrected chi connectivity index (χ2v) is 7.79. The van der Waals surface area contributed by atoms with Crippen molar-refractivity contribution in [2.45, 2.75) is 24.7 Å². The Kier molecular flexibility index (Phi) is 5.58. The second kappa shape index (κ2) is 8.16. The third-order valence-electron chi connectivity index (χ3n) is 5.87. The molecule has 5 nitrogen and oxygen atoms in total. The second-order valence-electron chi connectivity index (χ2n) is 7.79. The summed E-state index contributed by atoms with van der Waals surface area (Å²) in [4.78, 5) is 14.5. The van der Waals surface area contributed by atoms with Gasteiger partial charge in [0.05, 0.1) is 31.8 Å². The first-order valence-electron chi connectivity index (χ1n) is 9.84. The molecule has 0 spiro atoms. The predicted molar refractivity (Wildman–Crippen MR) is 107 cm³/mol. The van der Waals surface area contributed by atoms with Crippen molar-refractivity contribution in [1.29, 1.82) is 0 Å². The van der Waals surface area contributed by atoms with Crippen molar-refractivity contribution < 1.29 is 23.0 Å². The van der Waals surface area contributed by atoms with Crippen LogP contribution in [0.2, 0.25) is 0 Å². The van der Waals surface area contributed by atoms with Gasteiger partial charge in [-0.1, -0.05) is 43.0 Å². The van der Waals surface area contributed by atoms with Crippen molar-refractivity contribution >= 4 is 5.91 Å². The van der Waals surface area contributed by atoms with Crippen molar-refractivity contribution in [2.75, 3.05) is 20.3 Å². The van der Waals surface area contributed by atoms with Gasteiger partial charge in [-0.3, -0.25) is 4.79 Å². The summed E-state index contributed by atoms with van der Waals surface area (Å²) < 4.78 is 40.0. The van der Waals surface area contributed by atoms with E-state index >= 15 is 0 Å². The number of halogens is 2. The van der Waals surface area contributed by atoms with Gasteiger partial charge in [0.1, 0.15) is 23.0 Å². The molecular weight excluding hydrogens is 390 g/mol. The molecule has 30 heavy (non-hydrogen) atoms. The molecule has 0 aliphatic carbocycles. The SMILES string of the molecule is C=C1N[C@@]2(c3ccc(F)cc3F)CO[C@@H](COCc3ccccc3)C[C@H]2C(=O)N1C. The molecule has 2 heterocycles. The minimum absolute atomic E-state index is 0.0399. The van der Waals surface area contributed by atoms with E-state index in [2.05, 4.69) is 11.9 Å². The van der Waals surface area contributed by atoms with E-state index in [1.165, 1.54) is 17.0 Å². The van der Waals surface area contributed by atoms with Gasteiger partial charge in [0, 0.05) is 18.7 Å². The van der Waals surface area contributed by atoms with E-state index in [4.69, 9.17) is 9.47 Å². The van der Waals surface area contributed by atoms with Crippen LogP contribution in [0.25, 0.3) is 0 Å². The summed E-state index contributed by atoms with van der Waals surface area (Å²) in [5.74, 6) is -1.83. The summed E-state index contributed by atoms with van der Waals surface area (Å²) in [6.45, 7) is 4.66. The largest absolute Gasteiger partial charge is 0.374 e. The van der Waals surface area contributed by atoms with Crippen LogP contribution in [0.3, 0.4) is 0 Å². The highest BCUT2D eigenvalue weighted by Crippen LogP contribution is 2.43. The van der Waals surface area contributed by atoms with Crippen LogP contribution in [0.4, 0.5) is 8.78 Å². The molecule has 2 aromatic carbocycles. The smallest absolute Gasteiger partial charge is 0.233 e. The predicted octanol–water partition coefficient (Wildman–Crippen LogP) is 3.31. The van der Waals surface area contributed by atoms with Gasteiger partial charge in [0.25, 0.3) is 0 Å². The van der Waals surface area contributed by atoms with Gasteiger partial charge in [-0.15, -0.1) is 0 Å². The number of hydrogen-bond acceptors (Lipinski definition) is 4. The zero-order chi connectivity index (χ0) is 21.3. The quantitative estimate of drug-likeness (QED) is 0.816. The first kappa shape index (κ1) is 20.5. The molecule has 7 heteroatoms. The molecule has 2 aliphatic heterocycles. The van der Waals surface area contributed by atoms with E-state index in [0.29, 0.717) is 25.5 Å². The lowest BCUT2D eigenvalue weighted by Gasteiger charge is -2.52. The van der Waals surface area contributed by atoms with Gasteiger partial charge >= 0.3 is 0 Å². The first-order valence-corrected chi connectivity index (χ1v) is 9.84. The Morgan fingerprint density at radius 3 is 2.77 bits per heavy atom. The molecule has 0 radical (unpaired) electrons. The first-order chi connectivity index (χ1) is 14.4. The Bertz CT molecular complexity index is 953. The van der Waals surface area contributed by atoms with E-state index in [9.17, 15) is 13.6 Å². The van der Waals surface area contributed by atoms with E-state index < -0.39 is 23.1 Å². The highest BCUT2D eigenvalue weighted by atomic mass is 19.1. The van der Waals surface area contributed by atoms with Crippen LogP contribution >= 0.6 is 0 Å². The number of carbonyl (C=O) groups is 1. The summed E-state index contributed by atoms with van der Waals surface area (Å²) >= 11 is 0. The Morgan fingerprint density at radius 2 is 2.03 bits per heavy atom. The fourth-order valence-electron chi connectivity index (χ4n) is 4.21. The number of benzene rings is 2. The Balaban J connectivity index is 1.55. The fraction of sp³-hybridized carbons (Fsp3) is 0.348. The number of rotatable bonds is 5. The number of fused-ring (bicyclic) bond motifs is 1. The fourth-order valence-corrected chi connectivity index (χ4v) is 4.21. The lowest BCUT2D eigenvalue weighted by Crippen LogP contribution is -2.66. The third-order valence-corrected chi connectivity index (χ3v) is 5.87. The average Bonchev–Trinajstić information content (AvgIpc) is 2.73.